The fourth-order valence-electron chi connectivity index (χ4n) is 2.55. The summed E-state index contributed by atoms with van der Waals surface area (Å²) in [6.45, 7) is 0.322. The third-order valence-corrected chi connectivity index (χ3v) is 5.17. The van der Waals surface area contributed by atoms with E-state index in [1.54, 1.807) is 6.20 Å². The molecule has 0 atom stereocenters. The Morgan fingerprint density at radius 1 is 1.27 bits per heavy atom. The van der Waals surface area contributed by atoms with Gasteiger partial charge in [0, 0.05) is 24.7 Å². The second-order valence-electron chi connectivity index (χ2n) is 5.67. The molecule has 1 aliphatic heterocycles. The van der Waals surface area contributed by atoms with Crippen LogP contribution in [0.3, 0.4) is 0 Å². The van der Waals surface area contributed by atoms with E-state index in [1.807, 2.05) is 48.5 Å². The maximum atomic E-state index is 12.5. The number of carboxylic acid groups (broad SMARTS) is 1. The molecule has 0 radical (unpaired) electrons. The first-order valence-corrected chi connectivity index (χ1v) is 9.26. The molecule has 1 amide bonds. The predicted molar refractivity (Wildman–Crippen MR) is 106 cm³/mol. The largest absolute Gasteiger partial charge is 0.481 e. The third kappa shape index (κ3) is 4.36. The number of benzene rings is 1. The molecule has 26 heavy (non-hydrogen) atoms. The summed E-state index contributed by atoms with van der Waals surface area (Å²) in [6.07, 6.45) is 3.94. The zero-order valence-electron chi connectivity index (χ0n) is 13.8. The molecule has 0 bridgehead atoms. The van der Waals surface area contributed by atoms with E-state index in [0.717, 1.165) is 16.8 Å². The molecule has 1 N–H and O–H groups in total. The SMILES string of the molecule is O=C(O)CCCN1C(=O)/C(=C/c2cccc(-c3ccccn3)c2)SC1=S. The lowest BCUT2D eigenvalue weighted by Crippen LogP contribution is -2.29. The summed E-state index contributed by atoms with van der Waals surface area (Å²) in [5.41, 5.74) is 2.72. The second-order valence-corrected chi connectivity index (χ2v) is 7.35. The van der Waals surface area contributed by atoms with Gasteiger partial charge in [-0.25, -0.2) is 0 Å². The first-order valence-electron chi connectivity index (χ1n) is 8.03. The number of pyridine rings is 1. The number of thioether (sulfide) groups is 1. The molecular formula is C19H16N2O3S2. The molecule has 0 spiro atoms. The van der Waals surface area contributed by atoms with Crippen molar-refractivity contribution in [1.82, 2.24) is 9.88 Å². The van der Waals surface area contributed by atoms with Crippen LogP contribution >= 0.6 is 24.0 Å². The first kappa shape index (κ1) is 18.3. The van der Waals surface area contributed by atoms with E-state index in [4.69, 9.17) is 17.3 Å². The van der Waals surface area contributed by atoms with Crippen LogP contribution in [-0.2, 0) is 9.59 Å². The van der Waals surface area contributed by atoms with Gasteiger partial charge in [-0.1, -0.05) is 48.2 Å². The molecule has 2 heterocycles. The lowest BCUT2D eigenvalue weighted by atomic mass is 10.1. The van der Waals surface area contributed by atoms with E-state index >= 15 is 0 Å². The summed E-state index contributed by atoms with van der Waals surface area (Å²) in [6, 6.07) is 13.5. The highest BCUT2D eigenvalue weighted by Gasteiger charge is 2.31. The number of thiocarbonyl (C=S) groups is 1. The Bertz CT molecular complexity index is 881. The minimum Gasteiger partial charge on any atom is -0.481 e. The molecule has 1 aromatic heterocycles. The van der Waals surface area contributed by atoms with Crippen molar-refractivity contribution in [3.8, 4) is 11.3 Å². The lowest BCUT2D eigenvalue weighted by molar-refractivity contribution is -0.137. The Labute approximate surface area is 160 Å². The number of aromatic nitrogens is 1. The molecular weight excluding hydrogens is 368 g/mol. The van der Waals surface area contributed by atoms with Gasteiger partial charge in [0.2, 0.25) is 0 Å². The monoisotopic (exact) mass is 384 g/mol. The van der Waals surface area contributed by atoms with Crippen LogP contribution in [-0.4, -0.2) is 37.7 Å². The standard InChI is InChI=1S/C19H16N2O3S2/c22-17(23)8-4-10-21-18(24)16(26-19(21)25)12-13-5-3-6-14(11-13)15-7-1-2-9-20-15/h1-3,5-7,9,11-12H,4,8,10H2,(H,22,23)/b16-12-. The van der Waals surface area contributed by atoms with Crippen LogP contribution < -0.4 is 0 Å². The second kappa shape index (κ2) is 8.25. The zero-order chi connectivity index (χ0) is 18.5. The predicted octanol–water partition coefficient (Wildman–Crippen LogP) is 3.81. The van der Waals surface area contributed by atoms with Gasteiger partial charge in [0.25, 0.3) is 5.91 Å². The van der Waals surface area contributed by atoms with Crippen LogP contribution in [0.5, 0.6) is 0 Å². The van der Waals surface area contributed by atoms with E-state index < -0.39 is 5.97 Å². The van der Waals surface area contributed by atoms with Gasteiger partial charge in [0.15, 0.2) is 0 Å². The summed E-state index contributed by atoms with van der Waals surface area (Å²) in [5, 5.41) is 8.73. The van der Waals surface area contributed by atoms with Gasteiger partial charge in [0.1, 0.15) is 4.32 Å². The molecule has 0 unspecified atom stereocenters. The van der Waals surface area contributed by atoms with Crippen molar-refractivity contribution in [2.75, 3.05) is 6.54 Å². The molecule has 0 saturated carbocycles. The molecule has 132 valence electrons. The van der Waals surface area contributed by atoms with Crippen LogP contribution in [0.2, 0.25) is 0 Å². The molecule has 3 rings (SSSR count). The first-order chi connectivity index (χ1) is 12.5. The van der Waals surface area contributed by atoms with Crippen molar-refractivity contribution < 1.29 is 14.7 Å². The summed E-state index contributed by atoms with van der Waals surface area (Å²) in [7, 11) is 0. The number of amides is 1. The van der Waals surface area contributed by atoms with E-state index in [1.165, 1.54) is 16.7 Å². The highest BCUT2D eigenvalue weighted by Crippen LogP contribution is 2.33. The smallest absolute Gasteiger partial charge is 0.303 e. The van der Waals surface area contributed by atoms with Crippen molar-refractivity contribution >= 4 is 46.3 Å². The van der Waals surface area contributed by atoms with Gasteiger partial charge in [0.05, 0.1) is 10.6 Å². The average Bonchev–Trinajstić information content (AvgIpc) is 2.90. The molecule has 5 nitrogen and oxygen atoms in total. The summed E-state index contributed by atoms with van der Waals surface area (Å²) in [5.74, 6) is -1.05. The molecule has 1 aromatic carbocycles. The summed E-state index contributed by atoms with van der Waals surface area (Å²) in [4.78, 5) is 29.5. The van der Waals surface area contributed by atoms with Gasteiger partial charge in [-0.05, 0) is 36.3 Å². The van der Waals surface area contributed by atoms with Gasteiger partial charge in [-0.2, -0.15) is 0 Å². The van der Waals surface area contributed by atoms with Crippen molar-refractivity contribution in [1.29, 1.82) is 0 Å². The number of rotatable bonds is 6. The highest BCUT2D eigenvalue weighted by atomic mass is 32.2. The Hall–Kier alpha value is -2.51. The van der Waals surface area contributed by atoms with E-state index in [2.05, 4.69) is 4.98 Å². The fraction of sp³-hybridized carbons (Fsp3) is 0.158. The van der Waals surface area contributed by atoms with Crippen LogP contribution in [0.15, 0.2) is 53.6 Å². The zero-order valence-corrected chi connectivity index (χ0v) is 15.4. The highest BCUT2D eigenvalue weighted by molar-refractivity contribution is 8.26. The minimum absolute atomic E-state index is 0.0161. The fourth-order valence-corrected chi connectivity index (χ4v) is 3.86. The van der Waals surface area contributed by atoms with E-state index in [0.29, 0.717) is 22.2 Å². The van der Waals surface area contributed by atoms with Crippen molar-refractivity contribution in [2.45, 2.75) is 12.8 Å². The number of carbonyl (C=O) groups excluding carboxylic acids is 1. The Balaban J connectivity index is 1.77. The van der Waals surface area contributed by atoms with Crippen LogP contribution in [0.25, 0.3) is 17.3 Å². The Morgan fingerprint density at radius 2 is 2.12 bits per heavy atom. The molecule has 1 aliphatic rings. The normalized spacial score (nSPS) is 15.7. The van der Waals surface area contributed by atoms with Gasteiger partial charge in [-0.3, -0.25) is 19.5 Å². The maximum absolute atomic E-state index is 12.5. The summed E-state index contributed by atoms with van der Waals surface area (Å²) < 4.78 is 0.465. The van der Waals surface area contributed by atoms with E-state index in [9.17, 15) is 9.59 Å². The molecule has 0 aliphatic carbocycles. The molecule has 1 saturated heterocycles. The Kier molecular flexibility index (Phi) is 5.80. The molecule has 2 aromatic rings. The quantitative estimate of drug-likeness (QED) is 0.603. The van der Waals surface area contributed by atoms with Crippen LogP contribution in [0.1, 0.15) is 18.4 Å². The topological polar surface area (TPSA) is 70.5 Å². The number of hydrogen-bond acceptors (Lipinski definition) is 5. The number of aliphatic carboxylic acids is 1. The van der Waals surface area contributed by atoms with Crippen molar-refractivity contribution in [3.63, 3.8) is 0 Å². The molecule has 7 heteroatoms. The third-order valence-electron chi connectivity index (χ3n) is 3.79. The number of carbonyl (C=O) groups is 2. The number of carboxylic acids is 1. The minimum atomic E-state index is -0.877. The van der Waals surface area contributed by atoms with Gasteiger partial charge in [-0.15, -0.1) is 0 Å². The number of hydrogen-bond donors (Lipinski definition) is 1. The average molecular weight is 384 g/mol. The van der Waals surface area contributed by atoms with Crippen molar-refractivity contribution in [3.05, 3.63) is 59.1 Å². The Morgan fingerprint density at radius 3 is 2.85 bits per heavy atom. The molecule has 1 fully saturated rings. The van der Waals surface area contributed by atoms with Crippen molar-refractivity contribution in [2.24, 2.45) is 0 Å². The number of nitrogens with zero attached hydrogens (tertiary/aromatic N) is 2. The maximum Gasteiger partial charge on any atom is 0.303 e. The van der Waals surface area contributed by atoms with Gasteiger partial charge >= 0.3 is 5.97 Å². The lowest BCUT2D eigenvalue weighted by Gasteiger charge is -2.13. The van der Waals surface area contributed by atoms with Gasteiger partial charge < -0.3 is 5.11 Å². The summed E-state index contributed by atoms with van der Waals surface area (Å²) >= 11 is 6.51. The van der Waals surface area contributed by atoms with Crippen LogP contribution in [0, 0.1) is 0 Å². The van der Waals surface area contributed by atoms with E-state index in [-0.39, 0.29) is 12.3 Å². The van der Waals surface area contributed by atoms with Crippen LogP contribution in [0.4, 0.5) is 0 Å².